The summed E-state index contributed by atoms with van der Waals surface area (Å²) < 4.78 is 1.83. The maximum Gasteiger partial charge on any atom is 0.219 e. The summed E-state index contributed by atoms with van der Waals surface area (Å²) in [5.41, 5.74) is 0. The van der Waals surface area contributed by atoms with Crippen LogP contribution in [0.1, 0.15) is 38.4 Å². The average Bonchev–Trinajstić information content (AvgIpc) is 3.03. The quantitative estimate of drug-likeness (QED) is 0.798. The third kappa shape index (κ3) is 2.85. The van der Waals surface area contributed by atoms with Crippen LogP contribution >= 0.6 is 0 Å². The largest absolute Gasteiger partial charge is 0.338 e. The highest BCUT2D eigenvalue weighted by molar-refractivity contribution is 5.74. The minimum absolute atomic E-state index is 0.220. The van der Waals surface area contributed by atoms with Gasteiger partial charge in [-0.25, -0.2) is 4.98 Å². The van der Waals surface area contributed by atoms with E-state index in [2.05, 4.69) is 19.9 Å². The van der Waals surface area contributed by atoms with E-state index in [1.54, 1.807) is 13.3 Å². The van der Waals surface area contributed by atoms with Crippen LogP contribution in [0.3, 0.4) is 0 Å². The molecule has 6 heteroatoms. The molecular formula is C14H23N5O. The molecule has 6 nitrogen and oxygen atoms in total. The number of aromatic nitrogens is 3. The van der Waals surface area contributed by atoms with Gasteiger partial charge in [0.2, 0.25) is 5.91 Å². The molecule has 0 aromatic carbocycles. The Kier molecular flexibility index (Phi) is 3.74. The summed E-state index contributed by atoms with van der Waals surface area (Å²) >= 11 is 0. The fourth-order valence-corrected chi connectivity index (χ4v) is 3.10. The molecule has 1 aliphatic carbocycles. The third-order valence-electron chi connectivity index (χ3n) is 4.45. The lowest BCUT2D eigenvalue weighted by Gasteiger charge is -2.30. The number of carbonyl (C=O) groups is 1. The highest BCUT2D eigenvalue weighted by atomic mass is 16.2. The topological polar surface area (TPSA) is 54.3 Å². The van der Waals surface area contributed by atoms with Crippen LogP contribution in [0, 0.1) is 0 Å². The van der Waals surface area contributed by atoms with E-state index in [4.69, 9.17) is 0 Å². The molecule has 2 aliphatic rings. The van der Waals surface area contributed by atoms with Crippen molar-refractivity contribution < 1.29 is 4.79 Å². The van der Waals surface area contributed by atoms with Crippen molar-refractivity contribution in [3.05, 3.63) is 12.2 Å². The predicted octanol–water partition coefficient (Wildman–Crippen LogP) is 0.790. The molecular weight excluding hydrogens is 254 g/mol. The maximum atomic E-state index is 11.8. The van der Waals surface area contributed by atoms with E-state index in [1.165, 1.54) is 25.7 Å². The summed E-state index contributed by atoms with van der Waals surface area (Å²) in [6.07, 6.45) is 6.34. The number of likely N-dealkylation sites (tertiary alicyclic amines) is 1. The van der Waals surface area contributed by atoms with Crippen molar-refractivity contribution in [1.82, 2.24) is 24.6 Å². The minimum atomic E-state index is 0.220. The first-order valence-corrected chi connectivity index (χ1v) is 7.49. The molecule has 0 spiro atoms. The summed E-state index contributed by atoms with van der Waals surface area (Å²) in [6.45, 7) is 4.49. The summed E-state index contributed by atoms with van der Waals surface area (Å²) in [7, 11) is 1.93. The second kappa shape index (κ2) is 5.52. The lowest BCUT2D eigenvalue weighted by atomic mass is 10.2. The molecule has 1 aliphatic heterocycles. The van der Waals surface area contributed by atoms with E-state index in [-0.39, 0.29) is 5.91 Å². The van der Waals surface area contributed by atoms with E-state index in [9.17, 15) is 4.79 Å². The molecule has 0 N–H and O–H groups in total. The molecule has 1 amide bonds. The van der Waals surface area contributed by atoms with Gasteiger partial charge in [0.15, 0.2) is 0 Å². The molecule has 1 atom stereocenters. The van der Waals surface area contributed by atoms with Gasteiger partial charge in [-0.15, -0.1) is 0 Å². The Morgan fingerprint density at radius 2 is 2.25 bits per heavy atom. The maximum absolute atomic E-state index is 11.8. The van der Waals surface area contributed by atoms with Gasteiger partial charge in [-0.1, -0.05) is 0 Å². The van der Waals surface area contributed by atoms with Crippen LogP contribution in [0.15, 0.2) is 6.33 Å². The number of rotatable bonds is 5. The highest BCUT2D eigenvalue weighted by Gasteiger charge is 2.35. The van der Waals surface area contributed by atoms with E-state index >= 15 is 0 Å². The predicted molar refractivity (Wildman–Crippen MR) is 74.8 cm³/mol. The van der Waals surface area contributed by atoms with Gasteiger partial charge in [0.25, 0.3) is 0 Å². The zero-order valence-electron chi connectivity index (χ0n) is 12.3. The molecule has 2 heterocycles. The molecule has 1 saturated heterocycles. The van der Waals surface area contributed by atoms with Crippen LogP contribution in [0.25, 0.3) is 0 Å². The first-order valence-electron chi connectivity index (χ1n) is 7.49. The second-order valence-corrected chi connectivity index (χ2v) is 5.97. The number of amides is 1. The van der Waals surface area contributed by atoms with Crippen molar-refractivity contribution in [2.45, 2.75) is 51.2 Å². The van der Waals surface area contributed by atoms with E-state index in [1.807, 2.05) is 11.7 Å². The molecule has 0 unspecified atom stereocenters. The molecule has 1 aromatic heterocycles. The number of carbonyl (C=O) groups excluding carboxylic acids is 1. The van der Waals surface area contributed by atoms with Crippen molar-refractivity contribution in [2.75, 3.05) is 13.1 Å². The highest BCUT2D eigenvalue weighted by Crippen LogP contribution is 2.29. The fourth-order valence-electron chi connectivity index (χ4n) is 3.10. The Bertz CT molecular complexity index is 482. The molecule has 2 fully saturated rings. The van der Waals surface area contributed by atoms with Gasteiger partial charge in [-0.05, 0) is 32.2 Å². The first-order chi connectivity index (χ1) is 9.65. The van der Waals surface area contributed by atoms with Crippen molar-refractivity contribution in [2.24, 2.45) is 7.05 Å². The lowest BCUT2D eigenvalue weighted by molar-refractivity contribution is -0.130. The number of nitrogens with zero attached hydrogens (tertiary/aromatic N) is 5. The Balaban J connectivity index is 1.63. The van der Waals surface area contributed by atoms with Crippen molar-refractivity contribution in [3.8, 4) is 0 Å². The van der Waals surface area contributed by atoms with Gasteiger partial charge in [0.1, 0.15) is 12.2 Å². The van der Waals surface area contributed by atoms with E-state index in [0.29, 0.717) is 12.1 Å². The zero-order chi connectivity index (χ0) is 14.1. The van der Waals surface area contributed by atoms with Gasteiger partial charge < -0.3 is 4.90 Å². The molecule has 20 heavy (non-hydrogen) atoms. The standard InChI is InChI=1S/C14H23N5O/c1-11(20)19(12-5-6-12)8-13-4-3-7-18(13)9-14-15-10-16-17(14)2/h10,12-13H,3-9H2,1-2H3/t13-/m1/s1. The SMILES string of the molecule is CC(=O)N(C[C@H]1CCCN1Cc1ncnn1C)C1CC1. The Morgan fingerprint density at radius 1 is 1.45 bits per heavy atom. The monoisotopic (exact) mass is 277 g/mol. The van der Waals surface area contributed by atoms with Gasteiger partial charge in [-0.3, -0.25) is 14.4 Å². The van der Waals surface area contributed by atoms with E-state index in [0.717, 1.165) is 25.5 Å². The summed E-state index contributed by atoms with van der Waals surface area (Å²) in [5, 5.41) is 4.13. The normalized spacial score (nSPS) is 23.2. The molecule has 1 saturated carbocycles. The summed E-state index contributed by atoms with van der Waals surface area (Å²) in [5.74, 6) is 1.22. The van der Waals surface area contributed by atoms with E-state index < -0.39 is 0 Å². The number of hydrogen-bond donors (Lipinski definition) is 0. The Hall–Kier alpha value is -1.43. The summed E-state index contributed by atoms with van der Waals surface area (Å²) in [6, 6.07) is 0.973. The Labute approximate surface area is 119 Å². The van der Waals surface area contributed by atoms with Crippen molar-refractivity contribution >= 4 is 5.91 Å². The second-order valence-electron chi connectivity index (χ2n) is 5.97. The molecule has 110 valence electrons. The lowest BCUT2D eigenvalue weighted by Crippen LogP contribution is -2.43. The zero-order valence-corrected chi connectivity index (χ0v) is 12.3. The molecule has 1 aromatic rings. The van der Waals surface area contributed by atoms with Crippen LogP contribution in [0.5, 0.6) is 0 Å². The van der Waals surface area contributed by atoms with Crippen LogP contribution < -0.4 is 0 Å². The smallest absolute Gasteiger partial charge is 0.219 e. The van der Waals surface area contributed by atoms with Crippen molar-refractivity contribution in [1.29, 1.82) is 0 Å². The number of hydrogen-bond acceptors (Lipinski definition) is 4. The van der Waals surface area contributed by atoms with Gasteiger partial charge in [0.05, 0.1) is 6.54 Å². The molecule has 0 radical (unpaired) electrons. The first kappa shape index (κ1) is 13.5. The molecule has 0 bridgehead atoms. The Morgan fingerprint density at radius 3 is 2.85 bits per heavy atom. The molecule has 3 rings (SSSR count). The van der Waals surface area contributed by atoms with Crippen LogP contribution in [0.2, 0.25) is 0 Å². The number of aryl methyl sites for hydroxylation is 1. The average molecular weight is 277 g/mol. The van der Waals surface area contributed by atoms with Crippen LogP contribution in [-0.2, 0) is 18.4 Å². The van der Waals surface area contributed by atoms with Crippen molar-refractivity contribution in [3.63, 3.8) is 0 Å². The van der Waals surface area contributed by atoms with Gasteiger partial charge in [0, 0.05) is 32.6 Å². The minimum Gasteiger partial charge on any atom is -0.338 e. The van der Waals surface area contributed by atoms with Gasteiger partial charge in [-0.2, -0.15) is 5.10 Å². The van der Waals surface area contributed by atoms with Gasteiger partial charge >= 0.3 is 0 Å². The van der Waals surface area contributed by atoms with Crippen LogP contribution in [0.4, 0.5) is 0 Å². The fraction of sp³-hybridized carbons (Fsp3) is 0.786. The van der Waals surface area contributed by atoms with Crippen LogP contribution in [-0.4, -0.2) is 55.6 Å². The third-order valence-corrected chi connectivity index (χ3v) is 4.45. The summed E-state index contributed by atoms with van der Waals surface area (Å²) in [4.78, 5) is 20.6.